The number of amides is 1. The van der Waals surface area contributed by atoms with Crippen molar-refractivity contribution in [2.75, 3.05) is 27.7 Å². The van der Waals surface area contributed by atoms with Gasteiger partial charge >= 0.3 is 5.97 Å². The molecule has 8 heteroatoms. The van der Waals surface area contributed by atoms with Crippen LogP contribution < -0.4 is 0 Å². The lowest BCUT2D eigenvalue weighted by Gasteiger charge is -2.16. The first-order valence-electron chi connectivity index (χ1n) is 5.66. The van der Waals surface area contributed by atoms with Crippen molar-refractivity contribution in [3.8, 4) is 0 Å². The first-order chi connectivity index (χ1) is 9.16. The Balaban J connectivity index is 3.17. The van der Waals surface area contributed by atoms with Gasteiger partial charge in [-0.05, 0) is 18.2 Å². The second-order valence-corrected chi connectivity index (χ2v) is 6.43. The molecule has 20 heavy (non-hydrogen) atoms. The summed E-state index contributed by atoms with van der Waals surface area (Å²) in [5.41, 5.74) is 0.222. The molecule has 1 aromatic rings. The molecule has 0 saturated heterocycles. The molecule has 0 unspecified atom stereocenters. The molecule has 0 spiro atoms. The van der Waals surface area contributed by atoms with Crippen LogP contribution in [0.15, 0.2) is 29.2 Å². The quantitative estimate of drug-likeness (QED) is 0.831. The zero-order chi connectivity index (χ0) is 15.5. The standard InChI is InChI=1S/C12H16N2O5S/c1-13(2)12(17)9-5-4-6-10(7-9)20(18,19)14(3)8-11(15)16/h4-7H,8H2,1-3H3,(H,15,16). The van der Waals surface area contributed by atoms with E-state index in [0.717, 1.165) is 0 Å². The van der Waals surface area contributed by atoms with E-state index in [2.05, 4.69) is 0 Å². The third-order valence-electron chi connectivity index (χ3n) is 2.55. The van der Waals surface area contributed by atoms with Crippen LogP contribution in [0.3, 0.4) is 0 Å². The van der Waals surface area contributed by atoms with Gasteiger partial charge in [0.05, 0.1) is 4.90 Å². The molecule has 0 aliphatic rings. The van der Waals surface area contributed by atoms with Crippen LogP contribution in [0.2, 0.25) is 0 Å². The van der Waals surface area contributed by atoms with Crippen molar-refractivity contribution >= 4 is 21.9 Å². The molecule has 0 atom stereocenters. The van der Waals surface area contributed by atoms with Crippen LogP contribution in [0.1, 0.15) is 10.4 Å². The van der Waals surface area contributed by atoms with Gasteiger partial charge in [0.1, 0.15) is 6.54 Å². The Bertz CT molecular complexity index is 624. The van der Waals surface area contributed by atoms with Gasteiger partial charge in [-0.15, -0.1) is 0 Å². The SMILES string of the molecule is CN(C)C(=O)c1cccc(S(=O)(=O)N(C)CC(=O)O)c1. The summed E-state index contributed by atoms with van der Waals surface area (Å²) in [6.07, 6.45) is 0. The number of likely N-dealkylation sites (N-methyl/N-ethyl adjacent to an activating group) is 1. The fourth-order valence-corrected chi connectivity index (χ4v) is 2.67. The summed E-state index contributed by atoms with van der Waals surface area (Å²) in [4.78, 5) is 23.6. The van der Waals surface area contributed by atoms with Crippen molar-refractivity contribution in [2.24, 2.45) is 0 Å². The van der Waals surface area contributed by atoms with Crippen LogP contribution in [0.5, 0.6) is 0 Å². The van der Waals surface area contributed by atoms with Gasteiger partial charge in [-0.25, -0.2) is 8.42 Å². The molecule has 0 aliphatic heterocycles. The average molecular weight is 300 g/mol. The Morgan fingerprint density at radius 1 is 1.20 bits per heavy atom. The third-order valence-corrected chi connectivity index (χ3v) is 4.35. The number of carboxylic acid groups (broad SMARTS) is 1. The lowest BCUT2D eigenvalue weighted by molar-refractivity contribution is -0.137. The number of benzene rings is 1. The molecule has 0 aromatic heterocycles. The second kappa shape index (κ2) is 6.02. The minimum Gasteiger partial charge on any atom is -0.480 e. The van der Waals surface area contributed by atoms with Crippen molar-refractivity contribution in [3.63, 3.8) is 0 Å². The van der Waals surface area contributed by atoms with E-state index in [9.17, 15) is 18.0 Å². The molecular formula is C12H16N2O5S. The summed E-state index contributed by atoms with van der Waals surface area (Å²) in [5, 5.41) is 8.64. The maximum atomic E-state index is 12.2. The number of nitrogens with zero attached hydrogens (tertiary/aromatic N) is 2. The number of aliphatic carboxylic acids is 1. The van der Waals surface area contributed by atoms with E-state index < -0.39 is 22.5 Å². The van der Waals surface area contributed by atoms with E-state index in [1.165, 1.54) is 36.2 Å². The molecule has 0 fully saturated rings. The first kappa shape index (κ1) is 16.1. The fraction of sp³-hybridized carbons (Fsp3) is 0.333. The predicted molar refractivity (Wildman–Crippen MR) is 71.9 cm³/mol. The number of rotatable bonds is 5. The molecule has 1 aromatic carbocycles. The zero-order valence-corrected chi connectivity index (χ0v) is 12.2. The molecule has 0 saturated carbocycles. The van der Waals surface area contributed by atoms with E-state index in [0.29, 0.717) is 4.31 Å². The molecule has 0 aliphatic carbocycles. The van der Waals surface area contributed by atoms with E-state index in [1.807, 2.05) is 0 Å². The van der Waals surface area contributed by atoms with Gasteiger partial charge in [0.25, 0.3) is 5.91 Å². The van der Waals surface area contributed by atoms with E-state index in [-0.39, 0.29) is 16.4 Å². The monoisotopic (exact) mass is 300 g/mol. The molecule has 1 rings (SSSR count). The van der Waals surface area contributed by atoms with Gasteiger partial charge in [-0.1, -0.05) is 6.07 Å². The van der Waals surface area contributed by atoms with Gasteiger partial charge in [0, 0.05) is 26.7 Å². The zero-order valence-electron chi connectivity index (χ0n) is 11.4. The van der Waals surface area contributed by atoms with Crippen LogP contribution in [0, 0.1) is 0 Å². The lowest BCUT2D eigenvalue weighted by Crippen LogP contribution is -2.32. The van der Waals surface area contributed by atoms with E-state index in [4.69, 9.17) is 5.11 Å². The van der Waals surface area contributed by atoms with Crippen LogP contribution >= 0.6 is 0 Å². The third kappa shape index (κ3) is 3.55. The average Bonchev–Trinajstić information content (AvgIpc) is 2.37. The Kier molecular flexibility index (Phi) is 4.85. The van der Waals surface area contributed by atoms with Gasteiger partial charge in [0.2, 0.25) is 10.0 Å². The van der Waals surface area contributed by atoms with Crippen molar-refractivity contribution in [1.82, 2.24) is 9.21 Å². The normalized spacial score (nSPS) is 11.4. The van der Waals surface area contributed by atoms with Gasteiger partial charge in [0.15, 0.2) is 0 Å². The highest BCUT2D eigenvalue weighted by atomic mass is 32.2. The number of hydrogen-bond donors (Lipinski definition) is 1. The van der Waals surface area contributed by atoms with Crippen LogP contribution in [-0.2, 0) is 14.8 Å². The van der Waals surface area contributed by atoms with E-state index >= 15 is 0 Å². The van der Waals surface area contributed by atoms with Crippen LogP contribution in [0.4, 0.5) is 0 Å². The molecule has 0 heterocycles. The highest BCUT2D eigenvalue weighted by Crippen LogP contribution is 2.16. The largest absolute Gasteiger partial charge is 0.480 e. The number of carboxylic acids is 1. The highest BCUT2D eigenvalue weighted by Gasteiger charge is 2.23. The van der Waals surface area contributed by atoms with Crippen LogP contribution in [-0.4, -0.2) is 62.3 Å². The van der Waals surface area contributed by atoms with E-state index in [1.54, 1.807) is 14.1 Å². The smallest absolute Gasteiger partial charge is 0.318 e. The lowest BCUT2D eigenvalue weighted by atomic mass is 10.2. The molecular weight excluding hydrogens is 284 g/mol. The summed E-state index contributed by atoms with van der Waals surface area (Å²) in [6.45, 7) is -0.645. The number of carbonyl (C=O) groups is 2. The van der Waals surface area contributed by atoms with Crippen molar-refractivity contribution < 1.29 is 23.1 Å². The van der Waals surface area contributed by atoms with Gasteiger partial charge in [-0.2, -0.15) is 4.31 Å². The summed E-state index contributed by atoms with van der Waals surface area (Å²) >= 11 is 0. The highest BCUT2D eigenvalue weighted by molar-refractivity contribution is 7.89. The summed E-state index contributed by atoms with van der Waals surface area (Å²) in [7, 11) is 0.348. The summed E-state index contributed by atoms with van der Waals surface area (Å²) < 4.78 is 25.0. The summed E-state index contributed by atoms with van der Waals surface area (Å²) in [6, 6.07) is 5.49. The fourth-order valence-electron chi connectivity index (χ4n) is 1.50. The maximum absolute atomic E-state index is 12.2. The van der Waals surface area contributed by atoms with Crippen molar-refractivity contribution in [1.29, 1.82) is 0 Å². The van der Waals surface area contributed by atoms with Crippen LogP contribution in [0.25, 0.3) is 0 Å². The second-order valence-electron chi connectivity index (χ2n) is 4.38. The Hall–Kier alpha value is -1.93. The Morgan fingerprint density at radius 3 is 2.30 bits per heavy atom. The topological polar surface area (TPSA) is 95.0 Å². The first-order valence-corrected chi connectivity index (χ1v) is 7.10. The molecule has 110 valence electrons. The number of sulfonamides is 1. The minimum absolute atomic E-state index is 0.117. The Morgan fingerprint density at radius 2 is 1.80 bits per heavy atom. The van der Waals surface area contributed by atoms with Gasteiger partial charge < -0.3 is 10.0 Å². The number of hydrogen-bond acceptors (Lipinski definition) is 4. The predicted octanol–water partition coefficient (Wildman–Crippen LogP) is 0.0935. The maximum Gasteiger partial charge on any atom is 0.318 e. The Labute approximate surface area is 117 Å². The minimum atomic E-state index is -3.93. The summed E-state index contributed by atoms with van der Waals surface area (Å²) in [5.74, 6) is -1.58. The number of carbonyl (C=O) groups excluding carboxylic acids is 1. The molecule has 1 amide bonds. The molecule has 0 bridgehead atoms. The molecule has 7 nitrogen and oxygen atoms in total. The van der Waals surface area contributed by atoms with Gasteiger partial charge in [-0.3, -0.25) is 9.59 Å². The van der Waals surface area contributed by atoms with Crippen molar-refractivity contribution in [3.05, 3.63) is 29.8 Å². The van der Waals surface area contributed by atoms with Crippen molar-refractivity contribution in [2.45, 2.75) is 4.90 Å². The molecule has 1 N–H and O–H groups in total. The molecule has 0 radical (unpaired) electrons.